The lowest BCUT2D eigenvalue weighted by Gasteiger charge is -2.18. The molecule has 19 heavy (non-hydrogen) atoms. The van der Waals surface area contributed by atoms with E-state index in [0.717, 1.165) is 0 Å². The molecule has 0 fully saturated rings. The van der Waals surface area contributed by atoms with E-state index in [1.54, 1.807) is 26.0 Å². The second-order valence-electron chi connectivity index (χ2n) is 4.41. The van der Waals surface area contributed by atoms with Crippen molar-refractivity contribution in [3.8, 4) is 17.2 Å². The Bertz CT molecular complexity index is 453. The molecule has 0 aliphatic rings. The van der Waals surface area contributed by atoms with E-state index in [-0.39, 0.29) is 11.7 Å². The molecular weight excluding hydrogens is 248 g/mol. The fraction of sp³-hybridized carbons (Fsp3) is 0.500. The van der Waals surface area contributed by atoms with E-state index in [9.17, 15) is 9.90 Å². The van der Waals surface area contributed by atoms with Gasteiger partial charge in [-0.3, -0.25) is 4.79 Å². The summed E-state index contributed by atoms with van der Waals surface area (Å²) in [4.78, 5) is 11.9. The molecule has 1 atom stereocenters. The number of methoxy groups -OCH3 is 3. The molecule has 1 N–H and O–H groups in total. The van der Waals surface area contributed by atoms with Gasteiger partial charge in [-0.25, -0.2) is 0 Å². The number of aliphatic hydroxyl groups excluding tert-OH is 1. The van der Waals surface area contributed by atoms with Gasteiger partial charge in [0.1, 0.15) is 11.9 Å². The van der Waals surface area contributed by atoms with E-state index < -0.39 is 6.10 Å². The van der Waals surface area contributed by atoms with Crippen LogP contribution < -0.4 is 14.2 Å². The largest absolute Gasteiger partial charge is 0.496 e. The van der Waals surface area contributed by atoms with Gasteiger partial charge in [-0.15, -0.1) is 0 Å². The molecule has 0 saturated carbocycles. The Morgan fingerprint density at radius 1 is 1.00 bits per heavy atom. The molecule has 5 heteroatoms. The molecule has 0 aliphatic heterocycles. The highest BCUT2D eigenvalue weighted by Crippen LogP contribution is 2.38. The van der Waals surface area contributed by atoms with E-state index in [1.807, 2.05) is 0 Å². The van der Waals surface area contributed by atoms with Crippen LogP contribution in [0.5, 0.6) is 17.2 Å². The summed E-state index contributed by atoms with van der Waals surface area (Å²) in [5, 5.41) is 10.1. The van der Waals surface area contributed by atoms with Crippen molar-refractivity contribution in [2.45, 2.75) is 20.0 Å². The molecular formula is C14H20O5. The Morgan fingerprint density at radius 3 is 1.89 bits per heavy atom. The van der Waals surface area contributed by atoms with Crippen LogP contribution in [0.3, 0.4) is 0 Å². The van der Waals surface area contributed by atoms with Gasteiger partial charge < -0.3 is 19.3 Å². The first-order chi connectivity index (χ1) is 8.96. The molecule has 0 saturated heterocycles. The molecule has 5 nitrogen and oxygen atoms in total. The second kappa shape index (κ2) is 6.43. The van der Waals surface area contributed by atoms with Crippen molar-refractivity contribution >= 4 is 5.78 Å². The number of aliphatic hydroxyl groups is 1. The standard InChI is InChI=1S/C14H20O5/c1-8(2)13(15)14(16)9-6-11(18-4)12(19-5)7-10(9)17-3/h6-8,14,16H,1-5H3. The van der Waals surface area contributed by atoms with Crippen LogP contribution in [-0.2, 0) is 4.79 Å². The summed E-state index contributed by atoms with van der Waals surface area (Å²) >= 11 is 0. The molecule has 0 spiro atoms. The third kappa shape index (κ3) is 3.17. The fourth-order valence-corrected chi connectivity index (χ4v) is 1.74. The molecule has 1 unspecified atom stereocenters. The van der Waals surface area contributed by atoms with Gasteiger partial charge in [0.25, 0.3) is 0 Å². The summed E-state index contributed by atoms with van der Waals surface area (Å²) in [5.74, 6) is 0.763. The topological polar surface area (TPSA) is 65.0 Å². The minimum atomic E-state index is -1.24. The van der Waals surface area contributed by atoms with Crippen molar-refractivity contribution in [2.75, 3.05) is 21.3 Å². The van der Waals surface area contributed by atoms with E-state index in [1.165, 1.54) is 21.3 Å². The Hall–Kier alpha value is -1.75. The number of ketones is 1. The number of rotatable bonds is 6. The first-order valence-electron chi connectivity index (χ1n) is 5.97. The summed E-state index contributed by atoms with van der Waals surface area (Å²) in [7, 11) is 4.47. The minimum absolute atomic E-state index is 0.271. The molecule has 0 heterocycles. The van der Waals surface area contributed by atoms with Crippen molar-refractivity contribution in [1.29, 1.82) is 0 Å². The number of hydrogen-bond donors (Lipinski definition) is 1. The van der Waals surface area contributed by atoms with Gasteiger partial charge in [-0.2, -0.15) is 0 Å². The Morgan fingerprint density at radius 2 is 1.47 bits per heavy atom. The lowest BCUT2D eigenvalue weighted by molar-refractivity contribution is -0.130. The van der Waals surface area contributed by atoms with E-state index in [2.05, 4.69) is 0 Å². The average molecular weight is 268 g/mol. The maximum atomic E-state index is 11.9. The quantitative estimate of drug-likeness (QED) is 0.854. The van der Waals surface area contributed by atoms with Crippen molar-refractivity contribution in [3.05, 3.63) is 17.7 Å². The first-order valence-corrected chi connectivity index (χ1v) is 5.97. The van der Waals surface area contributed by atoms with Gasteiger partial charge >= 0.3 is 0 Å². The summed E-state index contributed by atoms with van der Waals surface area (Å²) < 4.78 is 15.5. The van der Waals surface area contributed by atoms with Gasteiger partial charge in [0.05, 0.1) is 21.3 Å². The highest BCUT2D eigenvalue weighted by Gasteiger charge is 2.25. The van der Waals surface area contributed by atoms with E-state index in [4.69, 9.17) is 14.2 Å². The molecule has 106 valence electrons. The van der Waals surface area contributed by atoms with Crippen LogP contribution in [0, 0.1) is 5.92 Å². The van der Waals surface area contributed by atoms with Gasteiger partial charge in [-0.05, 0) is 6.07 Å². The lowest BCUT2D eigenvalue weighted by Crippen LogP contribution is -2.18. The zero-order valence-corrected chi connectivity index (χ0v) is 11.9. The van der Waals surface area contributed by atoms with Crippen LogP contribution in [0.15, 0.2) is 12.1 Å². The van der Waals surface area contributed by atoms with Gasteiger partial charge in [0.2, 0.25) is 0 Å². The lowest BCUT2D eigenvalue weighted by atomic mass is 9.97. The predicted octanol–water partition coefficient (Wildman–Crippen LogP) is 1.97. The Labute approximate surface area is 113 Å². The Balaban J connectivity index is 3.29. The molecule has 1 aromatic carbocycles. The van der Waals surface area contributed by atoms with Crippen molar-refractivity contribution in [1.82, 2.24) is 0 Å². The molecule has 0 bridgehead atoms. The first kappa shape index (κ1) is 15.3. The molecule has 0 amide bonds. The normalized spacial score (nSPS) is 12.2. The number of Topliss-reactive ketones (excluding diaryl/α,β-unsaturated/α-hetero) is 1. The van der Waals surface area contributed by atoms with Crippen molar-refractivity contribution in [2.24, 2.45) is 5.92 Å². The Kier molecular flexibility index (Phi) is 5.18. The van der Waals surface area contributed by atoms with E-state index in [0.29, 0.717) is 22.8 Å². The summed E-state index contributed by atoms with van der Waals surface area (Å²) in [6, 6.07) is 3.15. The number of carbonyl (C=O) groups is 1. The monoisotopic (exact) mass is 268 g/mol. The predicted molar refractivity (Wildman–Crippen MR) is 70.9 cm³/mol. The summed E-state index contributed by atoms with van der Waals surface area (Å²) in [5.41, 5.74) is 0.374. The van der Waals surface area contributed by atoms with Crippen LogP contribution >= 0.6 is 0 Å². The number of ether oxygens (including phenoxy) is 3. The SMILES string of the molecule is COc1cc(OC)c(C(O)C(=O)C(C)C)cc1OC. The molecule has 0 aliphatic carbocycles. The second-order valence-corrected chi connectivity index (χ2v) is 4.41. The number of benzene rings is 1. The van der Waals surface area contributed by atoms with Crippen LogP contribution in [0.25, 0.3) is 0 Å². The van der Waals surface area contributed by atoms with Crippen molar-refractivity contribution < 1.29 is 24.1 Å². The van der Waals surface area contributed by atoms with Gasteiger partial charge in [-0.1, -0.05) is 13.8 Å². The molecule has 1 aromatic rings. The van der Waals surface area contributed by atoms with Crippen molar-refractivity contribution in [3.63, 3.8) is 0 Å². The highest BCUT2D eigenvalue weighted by atomic mass is 16.5. The van der Waals surface area contributed by atoms with Crippen LogP contribution in [0.1, 0.15) is 25.5 Å². The summed E-state index contributed by atoms with van der Waals surface area (Å²) in [6.45, 7) is 3.47. The zero-order chi connectivity index (χ0) is 14.6. The average Bonchev–Trinajstić information content (AvgIpc) is 2.43. The van der Waals surface area contributed by atoms with Crippen LogP contribution in [-0.4, -0.2) is 32.2 Å². The smallest absolute Gasteiger partial charge is 0.168 e. The highest BCUT2D eigenvalue weighted by molar-refractivity contribution is 5.86. The molecule has 1 rings (SSSR count). The maximum Gasteiger partial charge on any atom is 0.168 e. The number of hydrogen-bond acceptors (Lipinski definition) is 5. The molecule has 0 radical (unpaired) electrons. The molecule has 0 aromatic heterocycles. The third-order valence-corrected chi connectivity index (χ3v) is 2.87. The van der Waals surface area contributed by atoms with Crippen LogP contribution in [0.2, 0.25) is 0 Å². The fourth-order valence-electron chi connectivity index (χ4n) is 1.74. The zero-order valence-electron chi connectivity index (χ0n) is 11.9. The third-order valence-electron chi connectivity index (χ3n) is 2.87. The van der Waals surface area contributed by atoms with Gasteiger partial charge in [0.15, 0.2) is 17.3 Å². The van der Waals surface area contributed by atoms with Crippen LogP contribution in [0.4, 0.5) is 0 Å². The van der Waals surface area contributed by atoms with Gasteiger partial charge in [0, 0.05) is 17.5 Å². The maximum absolute atomic E-state index is 11.9. The number of carbonyl (C=O) groups excluding carboxylic acids is 1. The minimum Gasteiger partial charge on any atom is -0.496 e. The van der Waals surface area contributed by atoms with E-state index >= 15 is 0 Å². The summed E-state index contributed by atoms with van der Waals surface area (Å²) in [6.07, 6.45) is -1.24.